The van der Waals surface area contributed by atoms with Gasteiger partial charge in [-0.2, -0.15) is 0 Å². The van der Waals surface area contributed by atoms with Crippen molar-refractivity contribution in [3.05, 3.63) is 58.7 Å². The summed E-state index contributed by atoms with van der Waals surface area (Å²) in [6.45, 7) is 29.4. The highest BCUT2D eigenvalue weighted by molar-refractivity contribution is 7.48. The van der Waals surface area contributed by atoms with Gasteiger partial charge in [0.05, 0.1) is 0 Å². The molecular formula is C41H70NO2P. The Kier molecular flexibility index (Phi) is 15.6. The van der Waals surface area contributed by atoms with Crippen LogP contribution in [-0.2, 0) is 27.3 Å². The summed E-state index contributed by atoms with van der Waals surface area (Å²) >= 11 is 0. The molecule has 0 heterocycles. The molecule has 45 heavy (non-hydrogen) atoms. The summed E-state index contributed by atoms with van der Waals surface area (Å²) in [6, 6.07) is 14.2. The van der Waals surface area contributed by atoms with Gasteiger partial charge in [0.25, 0.3) is 0 Å². The molecule has 3 nitrogen and oxygen atoms in total. The standard InChI is InChI=1S/C41H70NO2P/c1-14-17-19-23-31(4)40(11,12)34-27-33(38(5,6)7)28-35(37(34)44-30-43-13)41(16-3,26-22-18-15-2)45-36-25-21-20-24-32(36)29-42-39(8,9)10/h20-21,24-25,27-28,31,42,45H,14-19,22-23,26,29-30H2,1-13H3. The van der Waals surface area contributed by atoms with E-state index in [0.717, 1.165) is 25.1 Å². The third-order valence-electron chi connectivity index (χ3n) is 9.97. The number of unbranched alkanes of at least 4 members (excludes halogenated alkanes) is 4. The highest BCUT2D eigenvalue weighted by Gasteiger charge is 2.40. The minimum atomic E-state index is -0.0482. The Morgan fingerprint density at radius 3 is 2.02 bits per heavy atom. The van der Waals surface area contributed by atoms with Gasteiger partial charge in [-0.05, 0) is 73.2 Å². The van der Waals surface area contributed by atoms with Crippen molar-refractivity contribution in [2.24, 2.45) is 5.92 Å². The van der Waals surface area contributed by atoms with Crippen LogP contribution in [0.4, 0.5) is 0 Å². The second-order valence-corrected chi connectivity index (χ2v) is 17.8. The van der Waals surface area contributed by atoms with Crippen molar-refractivity contribution in [2.75, 3.05) is 13.9 Å². The van der Waals surface area contributed by atoms with Gasteiger partial charge in [0.15, 0.2) is 6.79 Å². The molecule has 0 aliphatic heterocycles. The lowest BCUT2D eigenvalue weighted by Crippen LogP contribution is -2.36. The first-order valence-corrected chi connectivity index (χ1v) is 19.0. The molecule has 0 aromatic heterocycles. The fourth-order valence-electron chi connectivity index (χ4n) is 6.31. The van der Waals surface area contributed by atoms with Crippen LogP contribution in [0.3, 0.4) is 0 Å². The number of nitrogens with one attached hydrogen (secondary N) is 1. The number of methoxy groups -OCH3 is 1. The fourth-order valence-corrected chi connectivity index (χ4v) is 8.13. The van der Waals surface area contributed by atoms with Crippen LogP contribution in [0.25, 0.3) is 0 Å². The number of ether oxygens (including phenoxy) is 2. The molecule has 2 aromatic carbocycles. The lowest BCUT2D eigenvalue weighted by molar-refractivity contribution is 0.0478. The van der Waals surface area contributed by atoms with Crippen molar-refractivity contribution < 1.29 is 9.47 Å². The van der Waals surface area contributed by atoms with E-state index < -0.39 is 0 Å². The van der Waals surface area contributed by atoms with Crippen molar-refractivity contribution in [1.29, 1.82) is 0 Å². The van der Waals surface area contributed by atoms with E-state index in [1.165, 1.54) is 72.5 Å². The predicted molar refractivity (Wildman–Crippen MR) is 201 cm³/mol. The molecule has 0 aliphatic carbocycles. The van der Waals surface area contributed by atoms with Gasteiger partial charge in [-0.3, -0.25) is 0 Å². The normalized spacial score (nSPS) is 15.0. The van der Waals surface area contributed by atoms with Crippen LogP contribution in [-0.4, -0.2) is 19.4 Å². The summed E-state index contributed by atoms with van der Waals surface area (Å²) in [5, 5.41) is 5.21. The molecule has 0 fully saturated rings. The minimum absolute atomic E-state index is 0.0192. The number of benzene rings is 2. The zero-order valence-corrected chi connectivity index (χ0v) is 32.6. The molecule has 0 spiro atoms. The van der Waals surface area contributed by atoms with Crippen LogP contribution in [0.1, 0.15) is 163 Å². The summed E-state index contributed by atoms with van der Waals surface area (Å²) in [6.07, 6.45) is 11.0. The lowest BCUT2D eigenvalue weighted by Gasteiger charge is -2.41. The average molecular weight is 640 g/mol. The number of hydrogen-bond acceptors (Lipinski definition) is 3. The van der Waals surface area contributed by atoms with Gasteiger partial charge in [0, 0.05) is 35.5 Å². The largest absolute Gasteiger partial charge is 0.467 e. The monoisotopic (exact) mass is 640 g/mol. The van der Waals surface area contributed by atoms with Crippen LogP contribution in [0.15, 0.2) is 36.4 Å². The van der Waals surface area contributed by atoms with Gasteiger partial charge in [0.1, 0.15) is 5.75 Å². The molecule has 0 aliphatic rings. The van der Waals surface area contributed by atoms with E-state index in [4.69, 9.17) is 9.47 Å². The van der Waals surface area contributed by atoms with Crippen LogP contribution in [0.2, 0.25) is 0 Å². The molecule has 0 radical (unpaired) electrons. The molecule has 0 saturated heterocycles. The number of hydrogen-bond donors (Lipinski definition) is 1. The second kappa shape index (κ2) is 17.7. The van der Waals surface area contributed by atoms with E-state index in [1.807, 2.05) is 0 Å². The van der Waals surface area contributed by atoms with E-state index in [1.54, 1.807) is 7.11 Å². The Labute approximate surface area is 281 Å². The Morgan fingerprint density at radius 1 is 0.822 bits per heavy atom. The maximum Gasteiger partial charge on any atom is 0.188 e. The first-order valence-electron chi connectivity index (χ1n) is 18.0. The van der Waals surface area contributed by atoms with Crippen molar-refractivity contribution in [3.63, 3.8) is 0 Å². The molecule has 2 rings (SSSR count). The van der Waals surface area contributed by atoms with Crippen LogP contribution in [0, 0.1) is 5.92 Å². The average Bonchev–Trinajstić information content (AvgIpc) is 2.97. The van der Waals surface area contributed by atoms with Gasteiger partial charge in [0.2, 0.25) is 0 Å². The minimum Gasteiger partial charge on any atom is -0.467 e. The first kappa shape index (κ1) is 39.8. The number of rotatable bonds is 19. The van der Waals surface area contributed by atoms with Crippen molar-refractivity contribution in [3.8, 4) is 5.75 Å². The maximum absolute atomic E-state index is 6.79. The topological polar surface area (TPSA) is 30.5 Å². The third-order valence-corrected chi connectivity index (χ3v) is 12.1. The van der Waals surface area contributed by atoms with Crippen LogP contribution < -0.4 is 15.4 Å². The van der Waals surface area contributed by atoms with Gasteiger partial charge in [-0.1, -0.05) is 146 Å². The first-order chi connectivity index (χ1) is 21.1. The van der Waals surface area contributed by atoms with E-state index in [2.05, 4.69) is 125 Å². The highest BCUT2D eigenvalue weighted by Crippen LogP contribution is 2.55. The molecular weight excluding hydrogens is 569 g/mol. The molecule has 0 bridgehead atoms. The smallest absolute Gasteiger partial charge is 0.188 e. The third kappa shape index (κ3) is 11.4. The highest BCUT2D eigenvalue weighted by atomic mass is 31.1. The SMILES string of the molecule is CCCCCC(C)C(C)(C)c1cc(C(C)(C)C)cc(C(CC)(CCCCC)Pc2ccccc2CNC(C)(C)C)c1OCOC. The predicted octanol–water partition coefficient (Wildman–Crippen LogP) is 11.5. The van der Waals surface area contributed by atoms with Crippen LogP contribution >= 0.6 is 8.58 Å². The van der Waals surface area contributed by atoms with Gasteiger partial charge < -0.3 is 14.8 Å². The van der Waals surface area contributed by atoms with E-state index in [0.29, 0.717) is 14.5 Å². The Balaban J connectivity index is 2.91. The fraction of sp³-hybridized carbons (Fsp3) is 0.707. The summed E-state index contributed by atoms with van der Waals surface area (Å²) in [4.78, 5) is 0. The molecule has 3 unspecified atom stereocenters. The zero-order valence-electron chi connectivity index (χ0n) is 31.6. The summed E-state index contributed by atoms with van der Waals surface area (Å²) in [5.74, 6) is 1.60. The molecule has 3 atom stereocenters. The summed E-state index contributed by atoms with van der Waals surface area (Å²) in [5.41, 5.74) is 5.61. The molecule has 256 valence electrons. The maximum atomic E-state index is 6.79. The van der Waals surface area contributed by atoms with Gasteiger partial charge >= 0.3 is 0 Å². The van der Waals surface area contributed by atoms with E-state index in [9.17, 15) is 0 Å². The van der Waals surface area contributed by atoms with Crippen molar-refractivity contribution in [1.82, 2.24) is 5.32 Å². The van der Waals surface area contributed by atoms with Gasteiger partial charge in [-0.25, -0.2) is 0 Å². The lowest BCUT2D eigenvalue weighted by atomic mass is 9.69. The quantitative estimate of drug-likeness (QED) is 0.0942. The Hall–Kier alpha value is -1.41. The van der Waals surface area contributed by atoms with Gasteiger partial charge in [-0.15, -0.1) is 0 Å². The molecule has 0 saturated carbocycles. The van der Waals surface area contributed by atoms with Crippen LogP contribution in [0.5, 0.6) is 5.75 Å². The van der Waals surface area contributed by atoms with E-state index in [-0.39, 0.29) is 28.3 Å². The molecule has 2 aromatic rings. The van der Waals surface area contributed by atoms with E-state index >= 15 is 0 Å². The zero-order chi connectivity index (χ0) is 33.9. The van der Waals surface area contributed by atoms with Crippen molar-refractivity contribution in [2.45, 2.75) is 169 Å². The molecule has 1 N–H and O–H groups in total. The van der Waals surface area contributed by atoms with Crippen molar-refractivity contribution >= 4 is 13.9 Å². The summed E-state index contributed by atoms with van der Waals surface area (Å²) < 4.78 is 12.4. The Bertz CT molecular complexity index is 1160. The molecule has 4 heteroatoms. The Morgan fingerprint density at radius 2 is 1.44 bits per heavy atom. The summed E-state index contributed by atoms with van der Waals surface area (Å²) in [7, 11) is 2.39. The second-order valence-electron chi connectivity index (χ2n) is 16.1. The molecule has 0 amide bonds.